The van der Waals surface area contributed by atoms with E-state index >= 15 is 0 Å². The van der Waals surface area contributed by atoms with E-state index in [1.165, 1.54) is 22.4 Å². The summed E-state index contributed by atoms with van der Waals surface area (Å²) >= 11 is 1.68. The molecular weight excluding hydrogens is 256 g/mol. The SMILES string of the molecule is O=C(c1ccc2c(c1)COC2)c1cc2c(s1)CCC2. The van der Waals surface area contributed by atoms with E-state index in [1.807, 2.05) is 18.2 Å². The van der Waals surface area contributed by atoms with Crippen molar-refractivity contribution in [1.82, 2.24) is 0 Å². The minimum Gasteiger partial charge on any atom is -0.372 e. The Labute approximate surface area is 116 Å². The molecule has 1 aromatic carbocycles. The van der Waals surface area contributed by atoms with Crippen molar-refractivity contribution in [2.75, 3.05) is 0 Å². The molecule has 3 heteroatoms. The lowest BCUT2D eigenvalue weighted by Gasteiger charge is -2.01. The fourth-order valence-corrected chi connectivity index (χ4v) is 4.11. The van der Waals surface area contributed by atoms with Crippen molar-refractivity contribution >= 4 is 17.1 Å². The van der Waals surface area contributed by atoms with Gasteiger partial charge in [0.15, 0.2) is 0 Å². The Balaban J connectivity index is 1.69. The van der Waals surface area contributed by atoms with E-state index in [4.69, 9.17) is 4.74 Å². The Hall–Kier alpha value is -1.45. The third-order valence-electron chi connectivity index (χ3n) is 3.95. The van der Waals surface area contributed by atoms with Crippen LogP contribution in [0.3, 0.4) is 0 Å². The van der Waals surface area contributed by atoms with Gasteiger partial charge in [-0.1, -0.05) is 12.1 Å². The summed E-state index contributed by atoms with van der Waals surface area (Å²) in [5.74, 6) is 0.161. The molecule has 2 aliphatic rings. The van der Waals surface area contributed by atoms with Crippen LogP contribution < -0.4 is 0 Å². The van der Waals surface area contributed by atoms with E-state index in [2.05, 4.69) is 6.07 Å². The first-order valence-corrected chi connectivity index (χ1v) is 7.49. The molecule has 0 saturated carbocycles. The summed E-state index contributed by atoms with van der Waals surface area (Å²) in [5, 5.41) is 0. The van der Waals surface area contributed by atoms with Crippen molar-refractivity contribution < 1.29 is 9.53 Å². The van der Waals surface area contributed by atoms with Gasteiger partial charge in [0, 0.05) is 10.4 Å². The first-order chi connectivity index (χ1) is 9.31. The molecule has 0 atom stereocenters. The predicted octanol–water partition coefficient (Wildman–Crippen LogP) is 3.50. The van der Waals surface area contributed by atoms with Gasteiger partial charge in [0.05, 0.1) is 18.1 Å². The molecule has 4 rings (SSSR count). The number of ether oxygens (including phenoxy) is 1. The number of benzene rings is 1. The third kappa shape index (κ3) is 1.85. The molecule has 0 bridgehead atoms. The van der Waals surface area contributed by atoms with Crippen LogP contribution in [0.4, 0.5) is 0 Å². The fourth-order valence-electron chi connectivity index (χ4n) is 2.90. The second-order valence-corrected chi connectivity index (χ2v) is 6.35. The Morgan fingerprint density at radius 1 is 1.05 bits per heavy atom. The zero-order valence-corrected chi connectivity index (χ0v) is 11.4. The predicted molar refractivity (Wildman–Crippen MR) is 74.7 cm³/mol. The first kappa shape index (κ1) is 11.4. The Kier molecular flexibility index (Phi) is 2.57. The molecule has 2 nitrogen and oxygen atoms in total. The second-order valence-electron chi connectivity index (χ2n) is 5.22. The van der Waals surface area contributed by atoms with E-state index in [0.717, 1.165) is 28.8 Å². The van der Waals surface area contributed by atoms with E-state index in [-0.39, 0.29) is 5.78 Å². The van der Waals surface area contributed by atoms with E-state index in [1.54, 1.807) is 11.3 Å². The monoisotopic (exact) mass is 270 g/mol. The molecule has 19 heavy (non-hydrogen) atoms. The van der Waals surface area contributed by atoms with Crippen LogP contribution in [0.15, 0.2) is 24.3 Å². The van der Waals surface area contributed by atoms with Gasteiger partial charge in [-0.05, 0) is 48.1 Å². The molecule has 0 radical (unpaired) electrons. The first-order valence-electron chi connectivity index (χ1n) is 6.67. The van der Waals surface area contributed by atoms with E-state index in [9.17, 15) is 4.79 Å². The van der Waals surface area contributed by atoms with Crippen molar-refractivity contribution in [3.8, 4) is 0 Å². The summed E-state index contributed by atoms with van der Waals surface area (Å²) in [6.07, 6.45) is 3.52. The smallest absolute Gasteiger partial charge is 0.202 e. The van der Waals surface area contributed by atoms with Gasteiger partial charge in [-0.3, -0.25) is 4.79 Å². The van der Waals surface area contributed by atoms with Crippen LogP contribution in [0.25, 0.3) is 0 Å². The summed E-state index contributed by atoms with van der Waals surface area (Å²) in [6.45, 7) is 1.31. The highest BCUT2D eigenvalue weighted by molar-refractivity contribution is 7.14. The van der Waals surface area contributed by atoms with Gasteiger partial charge in [0.1, 0.15) is 0 Å². The molecule has 96 valence electrons. The van der Waals surface area contributed by atoms with Crippen LogP contribution in [0, 0.1) is 0 Å². The summed E-state index contributed by atoms with van der Waals surface area (Å²) in [4.78, 5) is 14.8. The highest BCUT2D eigenvalue weighted by Crippen LogP contribution is 2.32. The second kappa shape index (κ2) is 4.29. The van der Waals surface area contributed by atoms with Gasteiger partial charge in [-0.25, -0.2) is 0 Å². The molecule has 2 aromatic rings. The number of hydrogen-bond acceptors (Lipinski definition) is 3. The maximum Gasteiger partial charge on any atom is 0.202 e. The lowest BCUT2D eigenvalue weighted by molar-refractivity contribution is 0.104. The highest BCUT2D eigenvalue weighted by atomic mass is 32.1. The standard InChI is InChI=1S/C16H14O2S/c17-16(15-7-10-2-1-3-14(10)19-15)11-4-5-12-8-18-9-13(12)6-11/h4-7H,1-3,8-9H2. The van der Waals surface area contributed by atoms with Crippen molar-refractivity contribution in [3.05, 3.63) is 56.3 Å². The summed E-state index contributed by atoms with van der Waals surface area (Å²) in [6, 6.07) is 8.05. The molecule has 0 saturated heterocycles. The van der Waals surface area contributed by atoms with Crippen LogP contribution >= 0.6 is 11.3 Å². The van der Waals surface area contributed by atoms with Crippen LogP contribution in [0.5, 0.6) is 0 Å². The van der Waals surface area contributed by atoms with Gasteiger partial charge < -0.3 is 4.74 Å². The van der Waals surface area contributed by atoms with Crippen molar-refractivity contribution in [1.29, 1.82) is 0 Å². The molecule has 2 heterocycles. The lowest BCUT2D eigenvalue weighted by Crippen LogP contribution is -2.00. The van der Waals surface area contributed by atoms with Crippen molar-refractivity contribution in [2.45, 2.75) is 32.5 Å². The molecule has 0 unspecified atom stereocenters. The summed E-state index contributed by atoms with van der Waals surface area (Å²) < 4.78 is 5.40. The Morgan fingerprint density at radius 2 is 1.95 bits per heavy atom. The van der Waals surface area contributed by atoms with Crippen LogP contribution in [-0.2, 0) is 30.8 Å². The zero-order chi connectivity index (χ0) is 12.8. The highest BCUT2D eigenvalue weighted by Gasteiger charge is 2.20. The minimum atomic E-state index is 0.161. The number of ketones is 1. The Bertz CT molecular complexity index is 648. The lowest BCUT2D eigenvalue weighted by atomic mass is 10.0. The number of thiophene rings is 1. The largest absolute Gasteiger partial charge is 0.372 e. The number of hydrogen-bond donors (Lipinski definition) is 0. The van der Waals surface area contributed by atoms with Gasteiger partial charge in [-0.15, -0.1) is 11.3 Å². The van der Waals surface area contributed by atoms with Crippen molar-refractivity contribution in [3.63, 3.8) is 0 Å². The van der Waals surface area contributed by atoms with E-state index < -0.39 is 0 Å². The minimum absolute atomic E-state index is 0.161. The van der Waals surface area contributed by atoms with Gasteiger partial charge in [-0.2, -0.15) is 0 Å². The molecule has 0 N–H and O–H groups in total. The molecule has 1 aliphatic heterocycles. The molecule has 1 aromatic heterocycles. The number of aryl methyl sites for hydroxylation is 2. The van der Waals surface area contributed by atoms with Crippen LogP contribution in [0.1, 0.15) is 43.2 Å². The average molecular weight is 270 g/mol. The summed E-state index contributed by atoms with van der Waals surface area (Å²) in [5.41, 5.74) is 4.56. The van der Waals surface area contributed by atoms with Gasteiger partial charge in [0.2, 0.25) is 5.78 Å². The third-order valence-corrected chi connectivity index (χ3v) is 5.19. The van der Waals surface area contributed by atoms with Crippen LogP contribution in [-0.4, -0.2) is 5.78 Å². The molecule has 0 fully saturated rings. The van der Waals surface area contributed by atoms with Gasteiger partial charge in [0.25, 0.3) is 0 Å². The normalized spacial score (nSPS) is 16.4. The molecule has 0 spiro atoms. The number of carbonyl (C=O) groups excluding carboxylic acids is 1. The number of carbonyl (C=O) groups is 1. The van der Waals surface area contributed by atoms with Crippen molar-refractivity contribution in [2.24, 2.45) is 0 Å². The quantitative estimate of drug-likeness (QED) is 0.781. The molecular formula is C16H14O2S. The van der Waals surface area contributed by atoms with E-state index in [0.29, 0.717) is 13.2 Å². The molecule has 1 aliphatic carbocycles. The fraction of sp³-hybridized carbons (Fsp3) is 0.312. The number of fused-ring (bicyclic) bond motifs is 2. The maximum absolute atomic E-state index is 12.5. The van der Waals surface area contributed by atoms with Gasteiger partial charge >= 0.3 is 0 Å². The zero-order valence-electron chi connectivity index (χ0n) is 10.6. The average Bonchev–Trinajstić information content (AvgIpc) is 3.11. The number of rotatable bonds is 2. The van der Waals surface area contributed by atoms with Crippen LogP contribution in [0.2, 0.25) is 0 Å². The topological polar surface area (TPSA) is 26.3 Å². The summed E-state index contributed by atoms with van der Waals surface area (Å²) in [7, 11) is 0. The maximum atomic E-state index is 12.5. The Morgan fingerprint density at radius 3 is 2.84 bits per heavy atom. The molecule has 0 amide bonds.